The van der Waals surface area contributed by atoms with Crippen LogP contribution in [0.25, 0.3) is 0 Å². The maximum atomic E-state index is 12.9. The number of nitrogens with zero attached hydrogens (tertiary/aromatic N) is 3. The van der Waals surface area contributed by atoms with Crippen LogP contribution in [0.15, 0.2) is 72.8 Å². The summed E-state index contributed by atoms with van der Waals surface area (Å²) in [4.78, 5) is 25.5. The van der Waals surface area contributed by atoms with E-state index in [4.69, 9.17) is 22.6 Å². The van der Waals surface area contributed by atoms with Crippen molar-refractivity contribution in [1.29, 1.82) is 5.26 Å². The fraction of sp³-hybridized carbons (Fsp3) is 0.160. The maximum absolute atomic E-state index is 12.9. The average Bonchev–Trinajstić information content (AvgIpc) is 2.81. The summed E-state index contributed by atoms with van der Waals surface area (Å²) in [6, 6.07) is 17.9. The van der Waals surface area contributed by atoms with E-state index >= 15 is 0 Å². The van der Waals surface area contributed by atoms with E-state index in [0.717, 1.165) is 27.7 Å². The third kappa shape index (κ3) is 6.67. The molecule has 0 aliphatic heterocycles. The number of benzene rings is 3. The van der Waals surface area contributed by atoms with Crippen LogP contribution >= 0.6 is 11.6 Å². The van der Waals surface area contributed by atoms with Gasteiger partial charge in [-0.25, -0.2) is 9.80 Å². The lowest BCUT2D eigenvalue weighted by Crippen LogP contribution is -2.53. The van der Waals surface area contributed by atoms with Gasteiger partial charge in [-0.2, -0.15) is 10.3 Å². The van der Waals surface area contributed by atoms with Crippen LogP contribution in [0.3, 0.4) is 0 Å². The topological polar surface area (TPSA) is 99.7 Å². The van der Waals surface area contributed by atoms with Gasteiger partial charge >= 0.3 is 12.4 Å². The summed E-state index contributed by atoms with van der Waals surface area (Å²) in [7, 11) is 0. The second-order valence-corrected chi connectivity index (χ2v) is 8.08. The number of hydrogen-bond acceptors (Lipinski definition) is 4. The molecule has 11 heteroatoms. The van der Waals surface area contributed by atoms with Crippen molar-refractivity contribution in [2.45, 2.75) is 25.7 Å². The Hall–Kier alpha value is -4.23. The summed E-state index contributed by atoms with van der Waals surface area (Å²) in [5.74, 6) is -1.07. The lowest BCUT2D eigenvalue weighted by atomic mass is 9.97. The number of primary amides is 1. The maximum Gasteiger partial charge on any atom is 0.573 e. The SMILES string of the molecule is CC(=O)N(C(Cc1ccc(C#N)cc1)c1cccc(Cl)c1)N(C(N)=O)c1ccc(OC(F)(F)F)cc1. The first kappa shape index (κ1) is 26.4. The number of rotatable bonds is 6. The Balaban J connectivity index is 2.08. The Kier molecular flexibility index (Phi) is 8.07. The van der Waals surface area contributed by atoms with E-state index in [9.17, 15) is 22.8 Å². The van der Waals surface area contributed by atoms with E-state index in [1.807, 2.05) is 6.07 Å². The Morgan fingerprint density at radius 3 is 2.22 bits per heavy atom. The number of hydrazine groups is 1. The molecule has 0 spiro atoms. The minimum Gasteiger partial charge on any atom is -0.406 e. The van der Waals surface area contributed by atoms with E-state index in [1.165, 1.54) is 19.1 Å². The van der Waals surface area contributed by atoms with Crippen molar-refractivity contribution >= 4 is 29.2 Å². The van der Waals surface area contributed by atoms with Gasteiger partial charge in [0.25, 0.3) is 0 Å². The molecule has 2 N–H and O–H groups in total. The van der Waals surface area contributed by atoms with E-state index in [-0.39, 0.29) is 12.1 Å². The Labute approximate surface area is 210 Å². The van der Waals surface area contributed by atoms with Crippen molar-refractivity contribution in [1.82, 2.24) is 5.01 Å². The molecule has 0 fully saturated rings. The number of nitriles is 1. The summed E-state index contributed by atoms with van der Waals surface area (Å²) in [6.07, 6.45) is -4.69. The number of ether oxygens (including phenoxy) is 1. The van der Waals surface area contributed by atoms with Gasteiger partial charge in [0.05, 0.1) is 23.4 Å². The van der Waals surface area contributed by atoms with Gasteiger partial charge in [0, 0.05) is 11.9 Å². The molecule has 7 nitrogen and oxygen atoms in total. The molecule has 186 valence electrons. The zero-order valence-electron chi connectivity index (χ0n) is 18.9. The number of nitrogens with two attached hydrogens (primary N) is 1. The second kappa shape index (κ2) is 11.0. The smallest absolute Gasteiger partial charge is 0.406 e. The van der Waals surface area contributed by atoms with E-state index < -0.39 is 30.1 Å². The molecule has 0 aromatic heterocycles. The molecule has 0 radical (unpaired) electrons. The van der Waals surface area contributed by atoms with Crippen molar-refractivity contribution in [3.63, 3.8) is 0 Å². The molecule has 0 bridgehead atoms. The first-order valence-electron chi connectivity index (χ1n) is 10.5. The molecule has 0 heterocycles. The average molecular weight is 517 g/mol. The van der Waals surface area contributed by atoms with Gasteiger partial charge in [-0.05, 0) is 66.1 Å². The molecule has 0 aliphatic rings. The molecule has 0 saturated carbocycles. The molecule has 0 saturated heterocycles. The van der Waals surface area contributed by atoms with E-state index in [2.05, 4.69) is 4.74 Å². The van der Waals surface area contributed by atoms with Crippen molar-refractivity contribution in [3.05, 3.63) is 94.5 Å². The molecule has 1 atom stereocenters. The summed E-state index contributed by atoms with van der Waals surface area (Å²) in [5, 5.41) is 11.5. The van der Waals surface area contributed by atoms with Gasteiger partial charge in [-0.3, -0.25) is 4.79 Å². The summed E-state index contributed by atoms with van der Waals surface area (Å²) in [5.41, 5.74) is 7.44. The van der Waals surface area contributed by atoms with E-state index in [0.29, 0.717) is 16.1 Å². The first-order valence-corrected chi connectivity index (χ1v) is 10.9. The molecule has 0 aliphatic carbocycles. The molecular formula is C25H20ClF3N4O3. The first-order chi connectivity index (χ1) is 17.0. The summed E-state index contributed by atoms with van der Waals surface area (Å²) in [6.45, 7) is 1.23. The number of anilines is 1. The quantitative estimate of drug-likeness (QED) is 0.422. The molecule has 3 rings (SSSR count). The Bertz CT molecular complexity index is 1280. The van der Waals surface area contributed by atoms with E-state index in [1.54, 1.807) is 48.5 Å². The second-order valence-electron chi connectivity index (χ2n) is 7.64. The number of carbonyl (C=O) groups is 2. The van der Waals surface area contributed by atoms with Crippen LogP contribution < -0.4 is 15.5 Å². The van der Waals surface area contributed by atoms with Gasteiger partial charge in [-0.1, -0.05) is 35.9 Å². The van der Waals surface area contributed by atoms with Crippen LogP contribution in [0.4, 0.5) is 23.7 Å². The van der Waals surface area contributed by atoms with Crippen LogP contribution in [-0.4, -0.2) is 23.3 Å². The minimum absolute atomic E-state index is 0.0408. The predicted octanol–water partition coefficient (Wildman–Crippen LogP) is 5.74. The Morgan fingerprint density at radius 2 is 1.72 bits per heavy atom. The van der Waals surface area contributed by atoms with Crippen LogP contribution in [0, 0.1) is 11.3 Å². The lowest BCUT2D eigenvalue weighted by molar-refractivity contribution is -0.274. The molecule has 36 heavy (non-hydrogen) atoms. The van der Waals surface area contributed by atoms with Gasteiger partial charge in [0.2, 0.25) is 5.91 Å². The molecule has 3 amide bonds. The molecular weight excluding hydrogens is 497 g/mol. The predicted molar refractivity (Wildman–Crippen MR) is 127 cm³/mol. The number of carbonyl (C=O) groups excluding carboxylic acids is 2. The third-order valence-corrected chi connectivity index (χ3v) is 5.34. The number of urea groups is 1. The zero-order chi connectivity index (χ0) is 26.5. The fourth-order valence-electron chi connectivity index (χ4n) is 3.64. The third-order valence-electron chi connectivity index (χ3n) is 5.10. The van der Waals surface area contributed by atoms with Crippen molar-refractivity contribution < 1.29 is 27.5 Å². The van der Waals surface area contributed by atoms with Crippen LogP contribution in [0.2, 0.25) is 5.02 Å². The number of halogens is 4. The Morgan fingerprint density at radius 1 is 1.08 bits per heavy atom. The normalized spacial score (nSPS) is 11.8. The standard InChI is InChI=1S/C25H20ClF3N4O3/c1-16(34)32(33(24(31)35)21-9-11-22(12-10-21)36-25(27,28)29)23(19-3-2-4-20(26)14-19)13-17-5-7-18(15-30)8-6-17/h2-12,14,23H,13H2,1H3,(H2,31,35). The minimum atomic E-state index is -4.89. The van der Waals surface area contributed by atoms with Crippen molar-refractivity contribution in [2.75, 3.05) is 5.01 Å². The number of amides is 3. The lowest BCUT2D eigenvalue weighted by Gasteiger charge is -2.39. The fourth-order valence-corrected chi connectivity index (χ4v) is 3.84. The molecule has 1 unspecified atom stereocenters. The number of hydrogen-bond donors (Lipinski definition) is 1. The van der Waals surface area contributed by atoms with Gasteiger partial charge in [0.15, 0.2) is 0 Å². The van der Waals surface area contributed by atoms with Crippen LogP contribution in [0.1, 0.15) is 29.7 Å². The highest BCUT2D eigenvalue weighted by atomic mass is 35.5. The highest BCUT2D eigenvalue weighted by Gasteiger charge is 2.34. The van der Waals surface area contributed by atoms with Crippen molar-refractivity contribution in [3.8, 4) is 11.8 Å². The van der Waals surface area contributed by atoms with Crippen LogP contribution in [0.5, 0.6) is 5.75 Å². The van der Waals surface area contributed by atoms with Gasteiger partial charge in [0.1, 0.15) is 5.75 Å². The van der Waals surface area contributed by atoms with Gasteiger partial charge in [-0.15, -0.1) is 13.2 Å². The van der Waals surface area contributed by atoms with Crippen LogP contribution in [-0.2, 0) is 11.2 Å². The molecule has 3 aromatic carbocycles. The highest BCUT2D eigenvalue weighted by molar-refractivity contribution is 6.30. The monoisotopic (exact) mass is 516 g/mol. The highest BCUT2D eigenvalue weighted by Crippen LogP contribution is 2.33. The summed E-state index contributed by atoms with van der Waals surface area (Å²) >= 11 is 6.19. The number of alkyl halides is 3. The van der Waals surface area contributed by atoms with Crippen molar-refractivity contribution in [2.24, 2.45) is 5.73 Å². The largest absolute Gasteiger partial charge is 0.573 e. The summed E-state index contributed by atoms with van der Waals surface area (Å²) < 4.78 is 41.5. The zero-order valence-corrected chi connectivity index (χ0v) is 19.6. The molecule has 3 aromatic rings. The van der Waals surface area contributed by atoms with Gasteiger partial charge < -0.3 is 10.5 Å².